The normalized spacial score (nSPS) is 23.4. The van der Waals surface area contributed by atoms with E-state index in [1.165, 1.54) is 5.56 Å². The number of benzene rings is 1. The van der Waals surface area contributed by atoms with E-state index in [0.717, 1.165) is 12.8 Å². The second-order valence-electron chi connectivity index (χ2n) is 5.02. The van der Waals surface area contributed by atoms with Crippen LogP contribution in [0.25, 0.3) is 0 Å². The molecule has 1 fully saturated rings. The van der Waals surface area contributed by atoms with Crippen molar-refractivity contribution in [2.75, 3.05) is 0 Å². The highest BCUT2D eigenvalue weighted by atomic mass is 35.5. The molecule has 0 aromatic heterocycles. The summed E-state index contributed by atoms with van der Waals surface area (Å²) >= 11 is 0. The molecule has 0 radical (unpaired) electrons. The predicted octanol–water partition coefficient (Wildman–Crippen LogP) is 2.21. The molecule has 0 heterocycles. The minimum absolute atomic E-state index is 0. The van der Waals surface area contributed by atoms with E-state index >= 15 is 0 Å². The molecule has 1 aliphatic rings. The molecule has 0 aliphatic heterocycles. The summed E-state index contributed by atoms with van der Waals surface area (Å²) in [5.74, 6) is 0.688. The van der Waals surface area contributed by atoms with Crippen LogP contribution < -0.4 is 11.1 Å². The molecule has 1 unspecified atom stereocenters. The highest BCUT2D eigenvalue weighted by Gasteiger charge is 2.31. The minimum Gasteiger partial charge on any atom is -0.353 e. The summed E-state index contributed by atoms with van der Waals surface area (Å²) in [7, 11) is 0. The number of rotatable bonds is 4. The maximum atomic E-state index is 11.5. The van der Waals surface area contributed by atoms with Gasteiger partial charge in [-0.05, 0) is 31.2 Å². The predicted molar refractivity (Wildman–Crippen MR) is 75.9 cm³/mol. The van der Waals surface area contributed by atoms with Crippen LogP contribution >= 0.6 is 12.4 Å². The fraction of sp³-hybridized carbons (Fsp3) is 0.500. The Bertz CT molecular complexity index is 375. The van der Waals surface area contributed by atoms with Crippen molar-refractivity contribution in [3.8, 4) is 0 Å². The van der Waals surface area contributed by atoms with Gasteiger partial charge in [-0.15, -0.1) is 12.4 Å². The van der Waals surface area contributed by atoms with E-state index < -0.39 is 0 Å². The fourth-order valence-corrected chi connectivity index (χ4v) is 2.31. The monoisotopic (exact) mass is 268 g/mol. The van der Waals surface area contributed by atoms with Gasteiger partial charge in [0, 0.05) is 18.5 Å². The minimum atomic E-state index is -0.0556. The first-order valence-electron chi connectivity index (χ1n) is 6.25. The fourth-order valence-electron chi connectivity index (χ4n) is 2.31. The van der Waals surface area contributed by atoms with E-state index in [9.17, 15) is 4.79 Å². The van der Waals surface area contributed by atoms with Crippen molar-refractivity contribution in [3.05, 3.63) is 35.9 Å². The van der Waals surface area contributed by atoms with Gasteiger partial charge in [-0.2, -0.15) is 0 Å². The summed E-state index contributed by atoms with van der Waals surface area (Å²) in [6.07, 6.45) is 2.52. The molecule has 4 heteroatoms. The van der Waals surface area contributed by atoms with Gasteiger partial charge in [-0.3, -0.25) is 4.79 Å². The van der Waals surface area contributed by atoms with Crippen molar-refractivity contribution in [2.45, 2.75) is 44.2 Å². The van der Waals surface area contributed by atoms with Crippen LogP contribution in [0.15, 0.2) is 30.3 Å². The summed E-state index contributed by atoms with van der Waals surface area (Å²) < 4.78 is 0. The van der Waals surface area contributed by atoms with Gasteiger partial charge in [0.1, 0.15) is 0 Å². The molecule has 100 valence electrons. The maximum absolute atomic E-state index is 11.5. The van der Waals surface area contributed by atoms with E-state index in [1.54, 1.807) is 0 Å². The molecule has 1 aliphatic carbocycles. The van der Waals surface area contributed by atoms with E-state index in [2.05, 4.69) is 29.6 Å². The maximum Gasteiger partial charge on any atom is 0.221 e. The Labute approximate surface area is 115 Å². The standard InChI is InChI=1S/C14H20N2O.ClH/c1-10(15)7-14(17)16-13-8-12(9-13)11-5-3-2-4-6-11;/h2-6,10,12-13H,7-9,15H2,1H3,(H,16,17);1H. The van der Waals surface area contributed by atoms with Crippen LogP contribution in [0.1, 0.15) is 37.7 Å². The van der Waals surface area contributed by atoms with Crippen LogP contribution in [0.5, 0.6) is 0 Å². The van der Waals surface area contributed by atoms with Crippen molar-refractivity contribution in [2.24, 2.45) is 5.73 Å². The smallest absolute Gasteiger partial charge is 0.221 e. The molecule has 2 rings (SSSR count). The van der Waals surface area contributed by atoms with Gasteiger partial charge in [-0.25, -0.2) is 0 Å². The Morgan fingerprint density at radius 3 is 2.56 bits per heavy atom. The zero-order chi connectivity index (χ0) is 12.3. The van der Waals surface area contributed by atoms with E-state index in [1.807, 2.05) is 13.0 Å². The molecule has 18 heavy (non-hydrogen) atoms. The molecule has 0 saturated heterocycles. The SMILES string of the molecule is CC(N)CC(=O)NC1CC(c2ccccc2)C1.Cl. The van der Waals surface area contributed by atoms with Crippen LogP contribution in [-0.4, -0.2) is 18.0 Å². The van der Waals surface area contributed by atoms with Gasteiger partial charge < -0.3 is 11.1 Å². The third kappa shape index (κ3) is 4.00. The third-order valence-electron chi connectivity index (χ3n) is 3.28. The van der Waals surface area contributed by atoms with E-state index in [-0.39, 0.29) is 24.4 Å². The van der Waals surface area contributed by atoms with Gasteiger partial charge >= 0.3 is 0 Å². The Kier molecular flexibility index (Phi) is 5.63. The number of nitrogens with two attached hydrogens (primary N) is 1. The van der Waals surface area contributed by atoms with Gasteiger partial charge in [0.25, 0.3) is 0 Å². The third-order valence-corrected chi connectivity index (χ3v) is 3.28. The molecule has 3 N–H and O–H groups in total. The lowest BCUT2D eigenvalue weighted by molar-refractivity contribution is -0.122. The van der Waals surface area contributed by atoms with Crippen molar-refractivity contribution < 1.29 is 4.79 Å². The first-order valence-corrected chi connectivity index (χ1v) is 6.25. The molecule has 1 amide bonds. The lowest BCUT2D eigenvalue weighted by Gasteiger charge is -2.36. The number of halogens is 1. The molecule has 1 aromatic rings. The quantitative estimate of drug-likeness (QED) is 0.880. The lowest BCUT2D eigenvalue weighted by Crippen LogP contribution is -2.44. The largest absolute Gasteiger partial charge is 0.353 e. The van der Waals surface area contributed by atoms with Gasteiger partial charge in [0.05, 0.1) is 0 Å². The van der Waals surface area contributed by atoms with Gasteiger partial charge in [-0.1, -0.05) is 30.3 Å². The van der Waals surface area contributed by atoms with Crippen molar-refractivity contribution in [1.29, 1.82) is 0 Å². The number of carbonyl (C=O) groups excluding carboxylic acids is 1. The Balaban J connectivity index is 0.00000162. The Hall–Kier alpha value is -1.06. The molecular formula is C14H21ClN2O. The summed E-state index contributed by atoms with van der Waals surface area (Å²) in [5.41, 5.74) is 6.97. The molecule has 3 nitrogen and oxygen atoms in total. The van der Waals surface area contributed by atoms with Crippen molar-refractivity contribution in [3.63, 3.8) is 0 Å². The van der Waals surface area contributed by atoms with Crippen molar-refractivity contribution >= 4 is 18.3 Å². The Morgan fingerprint density at radius 1 is 1.39 bits per heavy atom. The second kappa shape index (κ2) is 6.76. The zero-order valence-electron chi connectivity index (χ0n) is 10.6. The van der Waals surface area contributed by atoms with Crippen LogP contribution in [0.4, 0.5) is 0 Å². The molecule has 1 atom stereocenters. The number of hydrogen-bond acceptors (Lipinski definition) is 2. The van der Waals surface area contributed by atoms with Gasteiger partial charge in [0.2, 0.25) is 5.91 Å². The molecule has 0 spiro atoms. The average Bonchev–Trinajstić information content (AvgIpc) is 2.23. The number of hydrogen-bond donors (Lipinski definition) is 2. The average molecular weight is 269 g/mol. The topological polar surface area (TPSA) is 55.1 Å². The highest BCUT2D eigenvalue weighted by molar-refractivity contribution is 5.85. The first-order chi connectivity index (χ1) is 8.15. The summed E-state index contributed by atoms with van der Waals surface area (Å²) in [6, 6.07) is 10.8. The molecule has 0 bridgehead atoms. The van der Waals surface area contributed by atoms with Crippen LogP contribution in [-0.2, 0) is 4.79 Å². The number of carbonyl (C=O) groups is 1. The van der Waals surface area contributed by atoms with Crippen LogP contribution in [0.3, 0.4) is 0 Å². The van der Waals surface area contributed by atoms with Crippen molar-refractivity contribution in [1.82, 2.24) is 5.32 Å². The number of nitrogens with one attached hydrogen (secondary N) is 1. The lowest BCUT2D eigenvalue weighted by atomic mass is 9.76. The second-order valence-corrected chi connectivity index (χ2v) is 5.02. The number of amides is 1. The van der Waals surface area contributed by atoms with E-state index in [4.69, 9.17) is 5.73 Å². The Morgan fingerprint density at radius 2 is 2.00 bits per heavy atom. The molecule has 1 aromatic carbocycles. The van der Waals surface area contributed by atoms with Gasteiger partial charge in [0.15, 0.2) is 0 Å². The molecule has 1 saturated carbocycles. The van der Waals surface area contributed by atoms with E-state index in [0.29, 0.717) is 18.4 Å². The first kappa shape index (κ1) is 15.0. The van der Waals surface area contributed by atoms with Crippen LogP contribution in [0, 0.1) is 0 Å². The highest BCUT2D eigenvalue weighted by Crippen LogP contribution is 2.36. The summed E-state index contributed by atoms with van der Waals surface area (Å²) in [4.78, 5) is 11.5. The zero-order valence-corrected chi connectivity index (χ0v) is 11.5. The van der Waals surface area contributed by atoms with Crippen LogP contribution in [0.2, 0.25) is 0 Å². The molecular weight excluding hydrogens is 248 g/mol. The summed E-state index contributed by atoms with van der Waals surface area (Å²) in [6.45, 7) is 1.85. The summed E-state index contributed by atoms with van der Waals surface area (Å²) in [5, 5.41) is 3.03.